The molecular formula is C10H10N4O2. The summed E-state index contributed by atoms with van der Waals surface area (Å²) in [6, 6.07) is 5.31. The highest BCUT2D eigenvalue weighted by Gasteiger charge is 2.17. The van der Waals surface area contributed by atoms with E-state index >= 15 is 0 Å². The van der Waals surface area contributed by atoms with Gasteiger partial charge in [-0.05, 0) is 18.2 Å². The molecule has 0 unspecified atom stereocenters. The van der Waals surface area contributed by atoms with Crippen LogP contribution in [0.2, 0.25) is 0 Å². The van der Waals surface area contributed by atoms with E-state index < -0.39 is 4.92 Å². The molecule has 0 aliphatic carbocycles. The molecule has 2 heterocycles. The smallest absolute Gasteiger partial charge is 0.278 e. The van der Waals surface area contributed by atoms with Crippen molar-refractivity contribution in [3.05, 3.63) is 53.1 Å². The summed E-state index contributed by atoms with van der Waals surface area (Å²) in [5, 5.41) is 12.5. The van der Waals surface area contributed by atoms with E-state index in [9.17, 15) is 10.1 Å². The van der Waals surface area contributed by atoms with Gasteiger partial charge in [0.25, 0.3) is 0 Å². The van der Waals surface area contributed by atoms with Gasteiger partial charge in [0.05, 0.1) is 4.92 Å². The molecule has 0 aliphatic rings. The van der Waals surface area contributed by atoms with Gasteiger partial charge < -0.3 is 0 Å². The van der Waals surface area contributed by atoms with E-state index in [1.54, 1.807) is 22.8 Å². The minimum Gasteiger partial charge on any atom is -0.278 e. The van der Waals surface area contributed by atoms with E-state index in [4.69, 9.17) is 0 Å². The molecule has 0 aliphatic heterocycles. The maximum atomic E-state index is 10.8. The fraction of sp³-hybridized carbons (Fsp3) is 0.100. The van der Waals surface area contributed by atoms with Gasteiger partial charge in [-0.25, -0.2) is 0 Å². The lowest BCUT2D eigenvalue weighted by molar-refractivity contribution is -0.384. The van der Waals surface area contributed by atoms with Crippen molar-refractivity contribution in [1.29, 1.82) is 0 Å². The van der Waals surface area contributed by atoms with Gasteiger partial charge >= 0.3 is 5.69 Å². The SMILES string of the molecule is CN(c1ccncc1[N+](=O)[O-])n1cccc1. The van der Waals surface area contributed by atoms with Gasteiger partial charge in [0.1, 0.15) is 11.9 Å². The highest BCUT2D eigenvalue weighted by Crippen LogP contribution is 2.25. The number of nitro groups is 1. The Kier molecular flexibility index (Phi) is 2.55. The molecule has 0 atom stereocenters. The van der Waals surface area contributed by atoms with Crippen molar-refractivity contribution < 1.29 is 4.92 Å². The topological polar surface area (TPSA) is 64.2 Å². The second-order valence-electron chi connectivity index (χ2n) is 3.21. The second kappa shape index (κ2) is 4.01. The molecule has 6 heteroatoms. The third kappa shape index (κ3) is 1.72. The summed E-state index contributed by atoms with van der Waals surface area (Å²) in [4.78, 5) is 14.1. The van der Waals surface area contributed by atoms with E-state index in [0.717, 1.165) is 0 Å². The first-order valence-corrected chi connectivity index (χ1v) is 4.65. The summed E-state index contributed by atoms with van der Waals surface area (Å²) in [6.07, 6.45) is 6.39. The van der Waals surface area contributed by atoms with E-state index in [0.29, 0.717) is 5.69 Å². The molecule has 2 aromatic heterocycles. The normalized spacial score (nSPS) is 10.1. The van der Waals surface area contributed by atoms with Crippen molar-refractivity contribution >= 4 is 11.4 Å². The summed E-state index contributed by atoms with van der Waals surface area (Å²) >= 11 is 0. The summed E-state index contributed by atoms with van der Waals surface area (Å²) in [7, 11) is 1.75. The van der Waals surface area contributed by atoms with E-state index in [1.807, 2.05) is 24.5 Å². The molecule has 0 saturated carbocycles. The summed E-state index contributed by atoms with van der Waals surface area (Å²) < 4.78 is 1.75. The fourth-order valence-corrected chi connectivity index (χ4v) is 1.44. The van der Waals surface area contributed by atoms with Crippen LogP contribution in [0, 0.1) is 10.1 Å². The molecule has 2 rings (SSSR count). The number of rotatable bonds is 3. The zero-order chi connectivity index (χ0) is 11.5. The Morgan fingerprint density at radius 2 is 2.12 bits per heavy atom. The lowest BCUT2D eigenvalue weighted by Gasteiger charge is -2.19. The Labute approximate surface area is 91.9 Å². The largest absolute Gasteiger partial charge is 0.312 e. The van der Waals surface area contributed by atoms with Crippen LogP contribution in [0.5, 0.6) is 0 Å². The molecule has 82 valence electrons. The summed E-state index contributed by atoms with van der Waals surface area (Å²) in [5.74, 6) is 0. The maximum Gasteiger partial charge on any atom is 0.312 e. The highest BCUT2D eigenvalue weighted by molar-refractivity contribution is 5.60. The molecule has 2 aromatic rings. The standard InChI is InChI=1S/C10H10N4O2/c1-12(13-6-2-3-7-13)9-4-5-11-8-10(9)14(15)16/h2-8H,1H3. The minimum atomic E-state index is -0.442. The lowest BCUT2D eigenvalue weighted by Crippen LogP contribution is -2.23. The number of hydrogen-bond acceptors (Lipinski definition) is 4. The minimum absolute atomic E-state index is 0.0151. The highest BCUT2D eigenvalue weighted by atomic mass is 16.6. The first-order chi connectivity index (χ1) is 7.70. The number of nitrogens with zero attached hydrogens (tertiary/aromatic N) is 4. The van der Waals surface area contributed by atoms with Crippen LogP contribution in [0.25, 0.3) is 0 Å². The number of hydrogen-bond donors (Lipinski definition) is 0. The fourth-order valence-electron chi connectivity index (χ4n) is 1.44. The van der Waals surface area contributed by atoms with Crippen molar-refractivity contribution in [3.63, 3.8) is 0 Å². The van der Waals surface area contributed by atoms with Gasteiger partial charge in [-0.3, -0.25) is 24.8 Å². The lowest BCUT2D eigenvalue weighted by atomic mass is 10.3. The Morgan fingerprint density at radius 3 is 2.75 bits per heavy atom. The average molecular weight is 218 g/mol. The maximum absolute atomic E-state index is 10.8. The molecule has 0 fully saturated rings. The third-order valence-corrected chi connectivity index (χ3v) is 2.26. The Hall–Kier alpha value is -2.37. The van der Waals surface area contributed by atoms with Gasteiger partial charge in [0, 0.05) is 25.6 Å². The van der Waals surface area contributed by atoms with Crippen LogP contribution in [-0.4, -0.2) is 21.6 Å². The first-order valence-electron chi connectivity index (χ1n) is 4.65. The number of aromatic nitrogens is 2. The quantitative estimate of drug-likeness (QED) is 0.581. The molecule has 0 aromatic carbocycles. The van der Waals surface area contributed by atoms with Gasteiger partial charge in [-0.15, -0.1) is 0 Å². The van der Waals surface area contributed by atoms with Crippen molar-refractivity contribution in [3.8, 4) is 0 Å². The van der Waals surface area contributed by atoms with Gasteiger partial charge in [-0.2, -0.15) is 0 Å². The summed E-state index contributed by atoms with van der Waals surface area (Å²) in [6.45, 7) is 0. The molecule has 0 amide bonds. The second-order valence-corrected chi connectivity index (χ2v) is 3.21. The van der Waals surface area contributed by atoms with Crippen LogP contribution in [0.1, 0.15) is 0 Å². The molecule has 0 spiro atoms. The van der Waals surface area contributed by atoms with Crippen LogP contribution in [-0.2, 0) is 0 Å². The van der Waals surface area contributed by atoms with Gasteiger partial charge in [-0.1, -0.05) is 0 Å². The van der Waals surface area contributed by atoms with E-state index in [2.05, 4.69) is 4.98 Å². The summed E-state index contributed by atoms with van der Waals surface area (Å²) in [5.41, 5.74) is 0.481. The zero-order valence-corrected chi connectivity index (χ0v) is 8.65. The zero-order valence-electron chi connectivity index (χ0n) is 8.65. The molecule has 0 saturated heterocycles. The molecule has 16 heavy (non-hydrogen) atoms. The van der Waals surface area contributed by atoms with Crippen molar-refractivity contribution in [1.82, 2.24) is 9.66 Å². The Bertz CT molecular complexity index is 495. The molecule has 0 N–H and O–H groups in total. The van der Waals surface area contributed by atoms with Crippen LogP contribution < -0.4 is 5.01 Å². The number of anilines is 1. The Morgan fingerprint density at radius 1 is 1.44 bits per heavy atom. The van der Waals surface area contributed by atoms with Crippen LogP contribution >= 0.6 is 0 Å². The van der Waals surface area contributed by atoms with E-state index in [-0.39, 0.29) is 5.69 Å². The van der Waals surface area contributed by atoms with Gasteiger partial charge in [0.2, 0.25) is 0 Å². The van der Waals surface area contributed by atoms with Crippen molar-refractivity contribution in [2.24, 2.45) is 0 Å². The predicted octanol–water partition coefficient (Wildman–Crippen LogP) is 1.69. The van der Waals surface area contributed by atoms with E-state index in [1.165, 1.54) is 12.4 Å². The number of pyridine rings is 1. The van der Waals surface area contributed by atoms with Crippen LogP contribution in [0.4, 0.5) is 11.4 Å². The molecule has 0 radical (unpaired) electrons. The molecular weight excluding hydrogens is 208 g/mol. The van der Waals surface area contributed by atoms with Crippen molar-refractivity contribution in [2.45, 2.75) is 0 Å². The molecule has 6 nitrogen and oxygen atoms in total. The first kappa shape index (κ1) is 10.2. The monoisotopic (exact) mass is 218 g/mol. The van der Waals surface area contributed by atoms with Crippen molar-refractivity contribution in [2.75, 3.05) is 12.1 Å². The van der Waals surface area contributed by atoms with Crippen LogP contribution in [0.3, 0.4) is 0 Å². The van der Waals surface area contributed by atoms with Crippen LogP contribution in [0.15, 0.2) is 43.0 Å². The predicted molar refractivity (Wildman–Crippen MR) is 59.1 cm³/mol. The third-order valence-electron chi connectivity index (χ3n) is 2.26. The van der Waals surface area contributed by atoms with Gasteiger partial charge in [0.15, 0.2) is 0 Å². The average Bonchev–Trinajstić information content (AvgIpc) is 2.81. The Balaban J connectivity index is 2.44. The molecule has 0 bridgehead atoms.